The van der Waals surface area contributed by atoms with Crippen LogP contribution in [0.3, 0.4) is 0 Å². The zero-order valence-electron chi connectivity index (χ0n) is 15.8. The van der Waals surface area contributed by atoms with Crippen LogP contribution in [-0.4, -0.2) is 67.1 Å². The number of carbonyl (C=O) groups excluding carboxylic acids is 4. The van der Waals surface area contributed by atoms with E-state index in [0.29, 0.717) is 32.1 Å². The lowest BCUT2D eigenvalue weighted by molar-refractivity contribution is -0.154. The van der Waals surface area contributed by atoms with Gasteiger partial charge in [0, 0.05) is 0 Å². The van der Waals surface area contributed by atoms with Gasteiger partial charge in [0.25, 0.3) is 0 Å². The van der Waals surface area contributed by atoms with E-state index in [2.05, 4.69) is 10.6 Å². The van der Waals surface area contributed by atoms with E-state index >= 15 is 0 Å². The minimum Gasteiger partial charge on any atom is -0.466 e. The molecule has 0 aliphatic rings. The number of hydrogen-bond acceptors (Lipinski definition) is 8. The van der Waals surface area contributed by atoms with Crippen LogP contribution in [0.15, 0.2) is 0 Å². The molecular weight excluding hydrogens is 360 g/mol. The number of esters is 2. The van der Waals surface area contributed by atoms with Crippen molar-refractivity contribution in [2.45, 2.75) is 45.2 Å². The second-order valence-electron chi connectivity index (χ2n) is 5.86. The van der Waals surface area contributed by atoms with Crippen LogP contribution in [0, 0.1) is 11.8 Å². The van der Waals surface area contributed by atoms with E-state index < -0.39 is 36.0 Å². The van der Waals surface area contributed by atoms with E-state index in [1.54, 1.807) is 13.8 Å². The Morgan fingerprint density at radius 3 is 1.96 bits per heavy atom. The van der Waals surface area contributed by atoms with Crippen molar-refractivity contribution in [1.29, 1.82) is 0 Å². The van der Waals surface area contributed by atoms with Gasteiger partial charge in [-0.2, -0.15) is 0 Å². The highest BCUT2D eigenvalue weighted by atomic mass is 16.5. The Bertz CT molecular complexity index is 462. The predicted octanol–water partition coefficient (Wildman–Crippen LogP) is -0.922. The van der Waals surface area contributed by atoms with Gasteiger partial charge in [-0.25, -0.2) is 0 Å². The van der Waals surface area contributed by atoms with Gasteiger partial charge in [0.15, 0.2) is 0 Å². The van der Waals surface area contributed by atoms with Crippen molar-refractivity contribution in [2.24, 2.45) is 11.8 Å². The van der Waals surface area contributed by atoms with E-state index in [1.807, 2.05) is 0 Å². The molecule has 0 radical (unpaired) electrons. The van der Waals surface area contributed by atoms with E-state index in [0.717, 1.165) is 0 Å². The first-order valence-electron chi connectivity index (χ1n) is 8.93. The van der Waals surface area contributed by atoms with E-state index in [9.17, 15) is 29.4 Å². The molecule has 0 fully saturated rings. The van der Waals surface area contributed by atoms with Crippen molar-refractivity contribution in [3.8, 4) is 0 Å². The number of hydrogen-bond donors (Lipinski definition) is 4. The van der Waals surface area contributed by atoms with E-state index in [1.165, 1.54) is 0 Å². The Morgan fingerprint density at radius 2 is 1.52 bits per heavy atom. The van der Waals surface area contributed by atoms with E-state index in [4.69, 9.17) is 9.47 Å². The van der Waals surface area contributed by atoms with Gasteiger partial charge in [0.05, 0.1) is 32.3 Å². The molecule has 4 N–H and O–H groups in total. The highest BCUT2D eigenvalue weighted by Gasteiger charge is 2.43. The lowest BCUT2D eigenvalue weighted by Gasteiger charge is -2.38. The fourth-order valence-corrected chi connectivity index (χ4v) is 2.78. The lowest BCUT2D eigenvalue weighted by Crippen LogP contribution is -2.64. The zero-order chi connectivity index (χ0) is 20.7. The van der Waals surface area contributed by atoms with Gasteiger partial charge in [-0.05, 0) is 33.1 Å². The van der Waals surface area contributed by atoms with Crippen molar-refractivity contribution >= 4 is 24.8 Å². The summed E-state index contributed by atoms with van der Waals surface area (Å²) < 4.78 is 9.78. The molecule has 0 unspecified atom stereocenters. The molecule has 10 heteroatoms. The maximum absolute atomic E-state index is 12.1. The topological polar surface area (TPSA) is 151 Å². The molecule has 0 spiro atoms. The van der Waals surface area contributed by atoms with Crippen molar-refractivity contribution in [3.63, 3.8) is 0 Å². The SMILES string of the molecule is CCOC(=O)[C@@H](CO)CCCCC(NC=O)(NC=O)[C@H](CO)C(=O)OCC. The molecule has 2 amide bonds. The number of unbranched alkanes of at least 4 members (excludes halogenated alkanes) is 1. The summed E-state index contributed by atoms with van der Waals surface area (Å²) in [5.74, 6) is -3.13. The van der Waals surface area contributed by atoms with Gasteiger partial charge in [-0.1, -0.05) is 6.42 Å². The van der Waals surface area contributed by atoms with Crippen LogP contribution in [0.2, 0.25) is 0 Å². The number of aliphatic hydroxyl groups excluding tert-OH is 2. The van der Waals surface area contributed by atoms with Crippen molar-refractivity contribution < 1.29 is 38.9 Å². The molecule has 0 aromatic carbocycles. The summed E-state index contributed by atoms with van der Waals surface area (Å²) in [6.45, 7) is 2.54. The Morgan fingerprint density at radius 1 is 0.963 bits per heavy atom. The summed E-state index contributed by atoms with van der Waals surface area (Å²) in [6, 6.07) is 0. The first-order chi connectivity index (χ1) is 13.0. The summed E-state index contributed by atoms with van der Waals surface area (Å²) >= 11 is 0. The molecule has 0 aliphatic heterocycles. The third kappa shape index (κ3) is 7.92. The van der Waals surface area contributed by atoms with Crippen LogP contribution < -0.4 is 10.6 Å². The van der Waals surface area contributed by atoms with Crippen LogP contribution in [-0.2, 0) is 28.7 Å². The standard InChI is InChI=1S/C17H30N2O8/c1-3-26-15(24)13(9-20)7-5-6-8-17(18-11-22,19-12-23)14(10-21)16(25)27-4-2/h11-14,20-21H,3-10H2,1-2H3,(H,18,22)(H,19,23)/t13-,14-/m1/s1. The zero-order valence-corrected chi connectivity index (χ0v) is 15.8. The second-order valence-corrected chi connectivity index (χ2v) is 5.86. The number of carbonyl (C=O) groups is 4. The number of aliphatic hydroxyl groups is 2. The van der Waals surface area contributed by atoms with Crippen LogP contribution >= 0.6 is 0 Å². The van der Waals surface area contributed by atoms with Gasteiger partial charge in [-0.15, -0.1) is 0 Å². The third-order valence-corrected chi connectivity index (χ3v) is 4.20. The minimum atomic E-state index is -1.52. The molecule has 10 nitrogen and oxygen atoms in total. The van der Waals surface area contributed by atoms with E-state index in [-0.39, 0.29) is 26.2 Å². The first kappa shape index (κ1) is 24.8. The summed E-state index contributed by atoms with van der Waals surface area (Å²) in [7, 11) is 0. The Hall–Kier alpha value is -2.20. The van der Waals surface area contributed by atoms with Crippen LogP contribution in [0.5, 0.6) is 0 Å². The number of ether oxygens (including phenoxy) is 2. The summed E-state index contributed by atoms with van der Waals surface area (Å²) in [5, 5.41) is 23.7. The highest BCUT2D eigenvalue weighted by molar-refractivity contribution is 5.75. The molecule has 0 saturated heterocycles. The largest absolute Gasteiger partial charge is 0.466 e. The Kier molecular flexibility index (Phi) is 12.8. The molecule has 27 heavy (non-hydrogen) atoms. The van der Waals surface area contributed by atoms with Gasteiger partial charge >= 0.3 is 11.9 Å². The Balaban J connectivity index is 5.09. The molecule has 156 valence electrons. The molecule has 0 rings (SSSR count). The molecule has 0 aliphatic carbocycles. The molecule has 0 aromatic heterocycles. The fourth-order valence-electron chi connectivity index (χ4n) is 2.78. The molecule has 0 aromatic rings. The summed E-state index contributed by atoms with van der Waals surface area (Å²) in [4.78, 5) is 45.9. The number of nitrogens with one attached hydrogen (secondary N) is 2. The van der Waals surface area contributed by atoms with Gasteiger partial charge in [0.2, 0.25) is 12.8 Å². The Labute approximate surface area is 158 Å². The quantitative estimate of drug-likeness (QED) is 0.114. The first-order valence-corrected chi connectivity index (χ1v) is 8.93. The van der Waals surface area contributed by atoms with Crippen LogP contribution in [0.1, 0.15) is 39.5 Å². The smallest absolute Gasteiger partial charge is 0.315 e. The normalized spacial score (nSPS) is 13.2. The average Bonchev–Trinajstić information content (AvgIpc) is 2.63. The highest BCUT2D eigenvalue weighted by Crippen LogP contribution is 2.24. The minimum absolute atomic E-state index is 0.0747. The molecule has 0 heterocycles. The number of amides is 2. The van der Waals surface area contributed by atoms with Gasteiger partial charge in [-0.3, -0.25) is 19.2 Å². The van der Waals surface area contributed by atoms with Gasteiger partial charge < -0.3 is 30.3 Å². The predicted molar refractivity (Wildman–Crippen MR) is 94.0 cm³/mol. The average molecular weight is 390 g/mol. The van der Waals surface area contributed by atoms with Crippen LogP contribution in [0.4, 0.5) is 0 Å². The lowest BCUT2D eigenvalue weighted by atomic mass is 9.87. The van der Waals surface area contributed by atoms with Crippen LogP contribution in [0.25, 0.3) is 0 Å². The summed E-state index contributed by atoms with van der Waals surface area (Å²) in [6.07, 6.45) is 1.93. The molecule has 0 saturated carbocycles. The van der Waals surface area contributed by atoms with Crippen molar-refractivity contribution in [2.75, 3.05) is 26.4 Å². The maximum Gasteiger partial charge on any atom is 0.315 e. The maximum atomic E-state index is 12.1. The third-order valence-electron chi connectivity index (χ3n) is 4.20. The monoisotopic (exact) mass is 390 g/mol. The molecule has 2 atom stereocenters. The second kappa shape index (κ2) is 13.9. The molecular formula is C17H30N2O8. The molecule has 0 bridgehead atoms. The van der Waals surface area contributed by atoms with Crippen molar-refractivity contribution in [3.05, 3.63) is 0 Å². The summed E-state index contributed by atoms with van der Waals surface area (Å²) in [5.41, 5.74) is -1.52. The fraction of sp³-hybridized carbons (Fsp3) is 0.765. The van der Waals surface area contributed by atoms with Crippen molar-refractivity contribution in [1.82, 2.24) is 10.6 Å². The number of rotatable bonds is 16. The van der Waals surface area contributed by atoms with Gasteiger partial charge in [0.1, 0.15) is 11.6 Å².